The van der Waals surface area contributed by atoms with Crippen LogP contribution < -0.4 is 14.8 Å². The summed E-state index contributed by atoms with van der Waals surface area (Å²) in [5, 5.41) is 3.22. The monoisotopic (exact) mass is 248 g/mol. The molecule has 0 saturated heterocycles. The fourth-order valence-corrected chi connectivity index (χ4v) is 1.83. The van der Waals surface area contributed by atoms with E-state index in [2.05, 4.69) is 10.3 Å². The summed E-state index contributed by atoms with van der Waals surface area (Å²) in [5.74, 6) is 2.45. The molecule has 2 rings (SSSR count). The number of amidine groups is 1. The van der Waals surface area contributed by atoms with Crippen LogP contribution in [0.25, 0.3) is 0 Å². The molecule has 0 bridgehead atoms. The van der Waals surface area contributed by atoms with Crippen LogP contribution in [0, 0.1) is 0 Å². The minimum atomic E-state index is -0.0792. The maximum atomic E-state index is 5.91. The summed E-state index contributed by atoms with van der Waals surface area (Å²) >= 11 is 0. The van der Waals surface area contributed by atoms with Crippen molar-refractivity contribution in [3.05, 3.63) is 24.3 Å². The van der Waals surface area contributed by atoms with Gasteiger partial charge in [-0.15, -0.1) is 0 Å². The van der Waals surface area contributed by atoms with Gasteiger partial charge in [-0.2, -0.15) is 0 Å². The van der Waals surface area contributed by atoms with Crippen LogP contribution in [0.5, 0.6) is 11.5 Å². The van der Waals surface area contributed by atoms with Gasteiger partial charge in [-0.05, 0) is 32.9 Å². The lowest BCUT2D eigenvalue weighted by Gasteiger charge is -2.19. The molecule has 0 saturated carbocycles. The summed E-state index contributed by atoms with van der Waals surface area (Å²) in [7, 11) is 0. The van der Waals surface area contributed by atoms with E-state index >= 15 is 0 Å². The highest BCUT2D eigenvalue weighted by Crippen LogP contribution is 2.28. The van der Waals surface area contributed by atoms with Gasteiger partial charge in [0.25, 0.3) is 0 Å². The van der Waals surface area contributed by atoms with E-state index in [1.807, 2.05) is 45.0 Å². The topological polar surface area (TPSA) is 42.9 Å². The Morgan fingerprint density at radius 3 is 2.33 bits per heavy atom. The van der Waals surface area contributed by atoms with E-state index in [0.717, 1.165) is 30.4 Å². The smallest absolute Gasteiger partial charge is 0.162 e. The third kappa shape index (κ3) is 3.15. The van der Waals surface area contributed by atoms with Gasteiger partial charge in [-0.1, -0.05) is 12.1 Å². The Hall–Kier alpha value is -1.71. The highest BCUT2D eigenvalue weighted by atomic mass is 16.5. The zero-order valence-corrected chi connectivity index (χ0v) is 11.1. The van der Waals surface area contributed by atoms with Crippen molar-refractivity contribution in [1.29, 1.82) is 0 Å². The molecule has 1 N–H and O–H groups in total. The molecule has 4 nitrogen and oxygen atoms in total. The summed E-state index contributed by atoms with van der Waals surface area (Å²) in [5.41, 5.74) is 0. The van der Waals surface area contributed by atoms with Gasteiger partial charge in [0.2, 0.25) is 0 Å². The van der Waals surface area contributed by atoms with Crippen LogP contribution in [0.3, 0.4) is 0 Å². The Bertz CT molecular complexity index is 430. The van der Waals surface area contributed by atoms with Crippen molar-refractivity contribution in [2.45, 2.75) is 33.0 Å². The van der Waals surface area contributed by atoms with Crippen molar-refractivity contribution in [2.24, 2.45) is 4.99 Å². The molecule has 1 aromatic carbocycles. The lowest BCUT2D eigenvalue weighted by atomic mass is 10.3. The maximum absolute atomic E-state index is 5.91. The normalized spacial score (nSPS) is 16.1. The number of ether oxygens (including phenoxy) is 2. The van der Waals surface area contributed by atoms with E-state index < -0.39 is 0 Å². The number of benzene rings is 1. The fourth-order valence-electron chi connectivity index (χ4n) is 1.83. The Balaban J connectivity index is 2.08. The van der Waals surface area contributed by atoms with Gasteiger partial charge >= 0.3 is 0 Å². The van der Waals surface area contributed by atoms with Gasteiger partial charge in [-0.25, -0.2) is 0 Å². The van der Waals surface area contributed by atoms with Gasteiger partial charge in [0.1, 0.15) is 5.84 Å². The minimum Gasteiger partial charge on any atom is -0.487 e. The Kier molecular flexibility index (Phi) is 4.07. The van der Waals surface area contributed by atoms with Crippen LogP contribution >= 0.6 is 0 Å². The molecule has 1 atom stereocenters. The van der Waals surface area contributed by atoms with Gasteiger partial charge in [-0.3, -0.25) is 4.99 Å². The molecule has 0 fully saturated rings. The summed E-state index contributed by atoms with van der Waals surface area (Å²) in [4.78, 5) is 4.36. The van der Waals surface area contributed by atoms with E-state index in [1.165, 1.54) is 0 Å². The first-order valence-electron chi connectivity index (χ1n) is 6.37. The molecule has 0 unspecified atom stereocenters. The molecular weight excluding hydrogens is 228 g/mol. The first kappa shape index (κ1) is 12.7. The van der Waals surface area contributed by atoms with E-state index in [9.17, 15) is 0 Å². The van der Waals surface area contributed by atoms with Crippen LogP contribution in [0.2, 0.25) is 0 Å². The Morgan fingerprint density at radius 2 is 1.78 bits per heavy atom. The highest BCUT2D eigenvalue weighted by molar-refractivity contribution is 5.87. The first-order valence-corrected chi connectivity index (χ1v) is 6.37. The van der Waals surface area contributed by atoms with Gasteiger partial charge in [0.15, 0.2) is 17.6 Å². The van der Waals surface area contributed by atoms with Crippen molar-refractivity contribution in [3.8, 4) is 11.5 Å². The van der Waals surface area contributed by atoms with Crippen molar-refractivity contribution in [3.63, 3.8) is 0 Å². The number of aliphatic imine (C=N–C) groups is 1. The molecule has 1 aromatic rings. The molecule has 1 aliphatic heterocycles. The second kappa shape index (κ2) is 5.76. The molecular formula is C14H20N2O2. The number of hydrogen-bond acceptors (Lipinski definition) is 4. The van der Waals surface area contributed by atoms with Gasteiger partial charge < -0.3 is 14.8 Å². The molecule has 0 aliphatic carbocycles. The molecule has 0 aromatic heterocycles. The molecule has 0 spiro atoms. The first-order chi connectivity index (χ1) is 8.66. The third-order valence-corrected chi connectivity index (χ3v) is 2.60. The minimum absolute atomic E-state index is 0.0792. The van der Waals surface area contributed by atoms with Gasteiger partial charge in [0.05, 0.1) is 12.6 Å². The van der Waals surface area contributed by atoms with Gasteiger partial charge in [0, 0.05) is 6.54 Å². The second-order valence-electron chi connectivity index (χ2n) is 4.57. The van der Waals surface area contributed by atoms with Crippen LogP contribution in [0.4, 0.5) is 0 Å². The van der Waals surface area contributed by atoms with E-state index in [4.69, 9.17) is 9.47 Å². The number of para-hydroxylation sites is 2. The van der Waals surface area contributed by atoms with Crippen molar-refractivity contribution in [1.82, 2.24) is 5.32 Å². The number of nitrogens with one attached hydrogen (secondary N) is 1. The zero-order valence-electron chi connectivity index (χ0n) is 11.1. The standard InChI is InChI=1S/C14H20N2O2/c1-10(2)17-12-6-4-5-7-13(12)18-11(3)14-15-8-9-16-14/h4-7,10-11H,8-9H2,1-3H3,(H,15,16)/t11-/m1/s1. The molecule has 1 heterocycles. The Labute approximate surface area is 108 Å². The van der Waals surface area contributed by atoms with E-state index in [-0.39, 0.29) is 12.2 Å². The van der Waals surface area contributed by atoms with Crippen molar-refractivity contribution < 1.29 is 9.47 Å². The lowest BCUT2D eigenvalue weighted by molar-refractivity contribution is 0.213. The molecule has 0 radical (unpaired) electrons. The quantitative estimate of drug-likeness (QED) is 0.869. The number of rotatable bonds is 5. The van der Waals surface area contributed by atoms with Crippen LogP contribution in [0.15, 0.2) is 29.3 Å². The largest absolute Gasteiger partial charge is 0.487 e. The molecule has 1 aliphatic rings. The molecule has 0 amide bonds. The second-order valence-corrected chi connectivity index (χ2v) is 4.57. The van der Waals surface area contributed by atoms with Crippen LogP contribution in [-0.2, 0) is 0 Å². The fraction of sp³-hybridized carbons (Fsp3) is 0.500. The highest BCUT2D eigenvalue weighted by Gasteiger charge is 2.17. The van der Waals surface area contributed by atoms with E-state index in [1.54, 1.807) is 0 Å². The number of hydrogen-bond donors (Lipinski definition) is 1. The summed E-state index contributed by atoms with van der Waals surface area (Å²) in [6.45, 7) is 7.72. The molecule has 4 heteroatoms. The lowest BCUT2D eigenvalue weighted by Crippen LogP contribution is -2.33. The summed E-state index contributed by atoms with van der Waals surface area (Å²) in [6.07, 6.45) is 0.0522. The van der Waals surface area contributed by atoms with Crippen molar-refractivity contribution >= 4 is 5.84 Å². The van der Waals surface area contributed by atoms with Crippen LogP contribution in [-0.4, -0.2) is 31.1 Å². The van der Waals surface area contributed by atoms with Crippen LogP contribution in [0.1, 0.15) is 20.8 Å². The summed E-state index contributed by atoms with van der Waals surface area (Å²) in [6, 6.07) is 7.73. The maximum Gasteiger partial charge on any atom is 0.162 e. The average Bonchev–Trinajstić information content (AvgIpc) is 2.84. The number of nitrogens with zero attached hydrogens (tertiary/aromatic N) is 1. The SMILES string of the molecule is CC(C)Oc1ccccc1O[C@H](C)C1=NCCN1. The Morgan fingerprint density at radius 1 is 1.11 bits per heavy atom. The molecule has 18 heavy (non-hydrogen) atoms. The third-order valence-electron chi connectivity index (χ3n) is 2.60. The van der Waals surface area contributed by atoms with Crippen molar-refractivity contribution in [2.75, 3.05) is 13.1 Å². The summed E-state index contributed by atoms with van der Waals surface area (Å²) < 4.78 is 11.6. The van der Waals surface area contributed by atoms with E-state index in [0.29, 0.717) is 0 Å². The molecule has 98 valence electrons. The average molecular weight is 248 g/mol. The zero-order chi connectivity index (χ0) is 13.0. The predicted molar refractivity (Wildman–Crippen MR) is 72.6 cm³/mol. The predicted octanol–water partition coefficient (Wildman–Crippen LogP) is 2.24.